The number of fused-ring (bicyclic) bond motifs is 1. The number of nitrogens with one attached hydrogen (secondary N) is 2. The molecule has 5 rings (SSSR count). The molecule has 0 aliphatic carbocycles. The molecule has 0 radical (unpaired) electrons. The SMILES string of the molecule is CCNc1ccc(N=C(C(=O)Nc2cc(C(=O)OC)ccc2Cl)c2nc3ccccc3c(=O)n2-c2ccccc2)c(C)c1. The first-order valence-electron chi connectivity index (χ1n) is 13.5. The zero-order chi connectivity index (χ0) is 30.5. The number of aryl methyl sites for hydroxylation is 1. The molecule has 216 valence electrons. The fraction of sp³-hybridized carbons (Fsp3) is 0.121. The van der Waals surface area contributed by atoms with E-state index >= 15 is 0 Å². The van der Waals surface area contributed by atoms with Crippen LogP contribution in [0.25, 0.3) is 16.6 Å². The van der Waals surface area contributed by atoms with Crippen molar-refractivity contribution in [3.05, 3.63) is 123 Å². The third-order valence-electron chi connectivity index (χ3n) is 6.66. The molecule has 0 aliphatic rings. The summed E-state index contributed by atoms with van der Waals surface area (Å²) in [6, 6.07) is 25.8. The third-order valence-corrected chi connectivity index (χ3v) is 6.99. The van der Waals surface area contributed by atoms with Crippen molar-refractivity contribution in [2.24, 2.45) is 4.99 Å². The number of methoxy groups -OCH3 is 1. The van der Waals surface area contributed by atoms with Crippen LogP contribution in [0.15, 0.2) is 101 Å². The van der Waals surface area contributed by atoms with Gasteiger partial charge in [-0.3, -0.25) is 14.2 Å². The second-order valence-corrected chi connectivity index (χ2v) is 9.97. The minimum atomic E-state index is -0.689. The normalized spacial score (nSPS) is 11.3. The molecule has 0 bridgehead atoms. The molecule has 9 nitrogen and oxygen atoms in total. The summed E-state index contributed by atoms with van der Waals surface area (Å²) in [6.45, 7) is 4.62. The molecule has 0 saturated carbocycles. The summed E-state index contributed by atoms with van der Waals surface area (Å²) in [7, 11) is 1.26. The molecule has 43 heavy (non-hydrogen) atoms. The van der Waals surface area contributed by atoms with Gasteiger partial charge in [-0.25, -0.2) is 14.8 Å². The summed E-state index contributed by atoms with van der Waals surface area (Å²) in [6.07, 6.45) is 0. The molecule has 0 spiro atoms. The number of nitrogens with zero attached hydrogens (tertiary/aromatic N) is 3. The Morgan fingerprint density at radius 1 is 0.977 bits per heavy atom. The second kappa shape index (κ2) is 12.7. The number of esters is 1. The van der Waals surface area contributed by atoms with Crippen molar-refractivity contribution >= 4 is 57.2 Å². The molecular weight excluding hydrogens is 566 g/mol. The molecule has 1 heterocycles. The van der Waals surface area contributed by atoms with Crippen LogP contribution in [-0.2, 0) is 9.53 Å². The Labute approximate surface area is 252 Å². The van der Waals surface area contributed by atoms with E-state index < -0.39 is 11.9 Å². The number of aliphatic imine (C=N–C) groups is 1. The molecule has 0 fully saturated rings. The van der Waals surface area contributed by atoms with E-state index in [0.29, 0.717) is 22.3 Å². The lowest BCUT2D eigenvalue weighted by Gasteiger charge is -2.16. The van der Waals surface area contributed by atoms with Crippen LogP contribution in [0.4, 0.5) is 17.1 Å². The van der Waals surface area contributed by atoms with Crippen LogP contribution in [0, 0.1) is 6.92 Å². The highest BCUT2D eigenvalue weighted by molar-refractivity contribution is 6.49. The van der Waals surface area contributed by atoms with Gasteiger partial charge in [-0.1, -0.05) is 41.9 Å². The van der Waals surface area contributed by atoms with E-state index in [1.807, 2.05) is 32.0 Å². The van der Waals surface area contributed by atoms with Gasteiger partial charge in [-0.2, -0.15) is 0 Å². The number of carbonyl (C=O) groups excluding carboxylic acids is 2. The standard InChI is InChI=1S/C33H28ClN5O4/c1-4-35-22-15-17-26(20(2)18-22)36-29(31(40)38-28-19-21(33(42)43-3)14-16-25(28)34)30-37-27-13-9-8-12-24(27)32(41)39(30)23-10-6-5-7-11-23/h5-19,35H,4H2,1-3H3,(H,38,40). The number of benzene rings is 4. The molecule has 5 aromatic rings. The first-order valence-corrected chi connectivity index (χ1v) is 13.9. The Kier molecular flexibility index (Phi) is 8.64. The zero-order valence-corrected chi connectivity index (χ0v) is 24.5. The summed E-state index contributed by atoms with van der Waals surface area (Å²) >= 11 is 6.42. The average Bonchev–Trinajstić information content (AvgIpc) is 3.02. The van der Waals surface area contributed by atoms with E-state index in [9.17, 15) is 14.4 Å². The highest BCUT2D eigenvalue weighted by atomic mass is 35.5. The van der Waals surface area contributed by atoms with Crippen molar-refractivity contribution in [3.8, 4) is 5.69 Å². The molecule has 1 amide bonds. The minimum Gasteiger partial charge on any atom is -0.465 e. The number of carbonyl (C=O) groups is 2. The second-order valence-electron chi connectivity index (χ2n) is 9.56. The molecule has 0 unspecified atom stereocenters. The summed E-state index contributed by atoms with van der Waals surface area (Å²) in [5, 5.41) is 6.61. The van der Waals surface area contributed by atoms with Gasteiger partial charge >= 0.3 is 5.97 Å². The van der Waals surface area contributed by atoms with E-state index in [4.69, 9.17) is 26.3 Å². The van der Waals surface area contributed by atoms with Gasteiger partial charge in [0.2, 0.25) is 0 Å². The van der Waals surface area contributed by atoms with Crippen LogP contribution in [0.1, 0.15) is 28.7 Å². The number of para-hydroxylation sites is 2. The van der Waals surface area contributed by atoms with Crippen molar-refractivity contribution in [2.45, 2.75) is 13.8 Å². The molecule has 1 aromatic heterocycles. The smallest absolute Gasteiger partial charge is 0.337 e. The summed E-state index contributed by atoms with van der Waals surface area (Å²) in [4.78, 5) is 49.8. The van der Waals surface area contributed by atoms with Gasteiger partial charge in [-0.05, 0) is 80.1 Å². The van der Waals surface area contributed by atoms with Gasteiger partial charge in [-0.15, -0.1) is 0 Å². The maximum atomic E-state index is 14.1. The monoisotopic (exact) mass is 593 g/mol. The van der Waals surface area contributed by atoms with Crippen molar-refractivity contribution in [1.82, 2.24) is 9.55 Å². The number of amides is 1. The predicted molar refractivity (Wildman–Crippen MR) is 170 cm³/mol. The first-order chi connectivity index (χ1) is 20.8. The van der Waals surface area contributed by atoms with Crippen LogP contribution in [0.3, 0.4) is 0 Å². The van der Waals surface area contributed by atoms with E-state index in [1.54, 1.807) is 54.6 Å². The topological polar surface area (TPSA) is 115 Å². The maximum Gasteiger partial charge on any atom is 0.337 e. The van der Waals surface area contributed by atoms with E-state index in [0.717, 1.165) is 17.8 Å². The summed E-state index contributed by atoms with van der Waals surface area (Å²) in [5.41, 5.74) is 2.97. The number of hydrogen-bond donors (Lipinski definition) is 2. The van der Waals surface area contributed by atoms with Crippen LogP contribution >= 0.6 is 11.6 Å². The molecule has 0 aliphatic heterocycles. The quantitative estimate of drug-likeness (QED) is 0.161. The van der Waals surface area contributed by atoms with Gasteiger partial charge in [0.15, 0.2) is 11.5 Å². The lowest BCUT2D eigenvalue weighted by atomic mass is 10.1. The largest absolute Gasteiger partial charge is 0.465 e. The zero-order valence-electron chi connectivity index (χ0n) is 23.7. The number of aromatic nitrogens is 2. The summed E-state index contributed by atoms with van der Waals surface area (Å²) < 4.78 is 6.19. The van der Waals surface area contributed by atoms with Gasteiger partial charge in [0.25, 0.3) is 11.5 Å². The Morgan fingerprint density at radius 2 is 1.72 bits per heavy atom. The van der Waals surface area contributed by atoms with Gasteiger partial charge < -0.3 is 15.4 Å². The molecule has 4 aromatic carbocycles. The number of ether oxygens (including phenoxy) is 1. The van der Waals surface area contributed by atoms with Crippen molar-refractivity contribution in [2.75, 3.05) is 24.3 Å². The average molecular weight is 594 g/mol. The Bertz CT molecular complexity index is 1940. The third kappa shape index (κ3) is 6.17. The number of hydrogen-bond acceptors (Lipinski definition) is 7. The molecule has 10 heteroatoms. The highest BCUT2D eigenvalue weighted by Crippen LogP contribution is 2.27. The highest BCUT2D eigenvalue weighted by Gasteiger charge is 2.25. The van der Waals surface area contributed by atoms with E-state index in [-0.39, 0.29) is 33.4 Å². The lowest BCUT2D eigenvalue weighted by Crippen LogP contribution is -2.33. The van der Waals surface area contributed by atoms with Crippen molar-refractivity contribution < 1.29 is 14.3 Å². The molecule has 0 saturated heterocycles. The lowest BCUT2D eigenvalue weighted by molar-refractivity contribution is -0.110. The maximum absolute atomic E-state index is 14.1. The van der Waals surface area contributed by atoms with Crippen LogP contribution < -0.4 is 16.2 Å². The van der Waals surface area contributed by atoms with Crippen LogP contribution in [0.5, 0.6) is 0 Å². The fourth-order valence-electron chi connectivity index (χ4n) is 4.57. The Hall–Kier alpha value is -5.28. The molecular formula is C33H28ClN5O4. The first kappa shape index (κ1) is 29.2. The molecule has 0 atom stereocenters. The predicted octanol–water partition coefficient (Wildman–Crippen LogP) is 6.33. The molecule has 2 N–H and O–H groups in total. The number of anilines is 2. The Balaban J connectivity index is 1.75. The van der Waals surface area contributed by atoms with Crippen LogP contribution in [-0.4, -0.2) is 40.8 Å². The minimum absolute atomic E-state index is 0.0304. The Morgan fingerprint density at radius 3 is 2.44 bits per heavy atom. The van der Waals surface area contributed by atoms with Gasteiger partial charge in [0.05, 0.1) is 45.7 Å². The number of halogens is 1. The van der Waals surface area contributed by atoms with Gasteiger partial charge in [0, 0.05) is 12.2 Å². The van der Waals surface area contributed by atoms with Gasteiger partial charge in [0.1, 0.15) is 0 Å². The van der Waals surface area contributed by atoms with E-state index in [1.165, 1.54) is 29.9 Å². The van der Waals surface area contributed by atoms with Crippen molar-refractivity contribution in [1.29, 1.82) is 0 Å². The number of rotatable bonds is 8. The summed E-state index contributed by atoms with van der Waals surface area (Å²) in [5.74, 6) is -1.25. The fourth-order valence-corrected chi connectivity index (χ4v) is 4.74. The van der Waals surface area contributed by atoms with E-state index in [2.05, 4.69) is 10.6 Å². The van der Waals surface area contributed by atoms with Crippen molar-refractivity contribution in [3.63, 3.8) is 0 Å². The van der Waals surface area contributed by atoms with Crippen LogP contribution in [0.2, 0.25) is 5.02 Å².